The van der Waals surface area contributed by atoms with E-state index in [1.807, 2.05) is 0 Å². The van der Waals surface area contributed by atoms with Crippen LogP contribution in [0.4, 0.5) is 13.2 Å². The second kappa shape index (κ2) is 4.55. The van der Waals surface area contributed by atoms with Crippen molar-refractivity contribution in [3.8, 4) is 5.69 Å². The van der Waals surface area contributed by atoms with E-state index in [2.05, 4.69) is 21.0 Å². The van der Waals surface area contributed by atoms with Crippen LogP contribution in [0.25, 0.3) is 5.69 Å². The van der Waals surface area contributed by atoms with Gasteiger partial charge in [0, 0.05) is 10.0 Å². The fourth-order valence-corrected chi connectivity index (χ4v) is 2.31. The van der Waals surface area contributed by atoms with Gasteiger partial charge in [0.15, 0.2) is 0 Å². The molecule has 0 radical (unpaired) electrons. The second-order valence-corrected chi connectivity index (χ2v) is 4.94. The Bertz CT molecular complexity index is 642. The van der Waals surface area contributed by atoms with Gasteiger partial charge in [0.1, 0.15) is 10.3 Å². The first-order valence-corrected chi connectivity index (χ1v) is 6.16. The zero-order chi connectivity index (χ0) is 13.5. The largest absolute Gasteiger partial charge is 0.433 e. The summed E-state index contributed by atoms with van der Waals surface area (Å²) in [5.74, 6) is 0. The normalized spacial score (nSPS) is 11.8. The highest BCUT2D eigenvalue weighted by Gasteiger charge is 2.35. The lowest BCUT2D eigenvalue weighted by molar-refractivity contribution is -0.141. The molecule has 1 aromatic carbocycles. The van der Waals surface area contributed by atoms with Crippen LogP contribution in [0.3, 0.4) is 0 Å². The van der Waals surface area contributed by atoms with Gasteiger partial charge in [-0.25, -0.2) is 4.68 Å². The van der Waals surface area contributed by atoms with Gasteiger partial charge in [-0.1, -0.05) is 24.4 Å². The van der Waals surface area contributed by atoms with Crippen LogP contribution in [0.5, 0.6) is 0 Å². The van der Waals surface area contributed by atoms with Crippen LogP contribution in [0.15, 0.2) is 28.7 Å². The molecule has 1 aromatic heterocycles. The van der Waals surface area contributed by atoms with Crippen molar-refractivity contribution in [1.29, 1.82) is 0 Å². The summed E-state index contributed by atoms with van der Waals surface area (Å²) in [4.78, 5) is 0. The topological polar surface area (TPSA) is 20.7 Å². The van der Waals surface area contributed by atoms with Gasteiger partial charge in [0.05, 0.1) is 5.69 Å². The van der Waals surface area contributed by atoms with Crippen molar-refractivity contribution in [2.45, 2.75) is 13.1 Å². The fourth-order valence-electron chi connectivity index (χ4n) is 1.60. The van der Waals surface area contributed by atoms with Gasteiger partial charge < -0.3 is 0 Å². The maximum Gasteiger partial charge on any atom is 0.433 e. The van der Waals surface area contributed by atoms with E-state index in [-0.39, 0.29) is 10.2 Å². The number of halogens is 4. The molecule has 0 atom stereocenters. The molecule has 2 aromatic rings. The lowest BCUT2D eigenvalue weighted by Crippen LogP contribution is -2.08. The minimum atomic E-state index is -4.44. The standard InChI is InChI=1S/C11H8BrF3N2S/c1-6-9(11(13,14)15)16-17(10(6)18)8-5-3-2-4-7(8)12/h2-5,16H,1H3. The van der Waals surface area contributed by atoms with Crippen molar-refractivity contribution in [3.05, 3.63) is 44.6 Å². The number of benzene rings is 1. The summed E-state index contributed by atoms with van der Waals surface area (Å²) < 4.78 is 40.3. The Morgan fingerprint density at radius 3 is 2.39 bits per heavy atom. The summed E-state index contributed by atoms with van der Waals surface area (Å²) in [5, 5.41) is 2.30. The molecule has 0 bridgehead atoms. The predicted molar refractivity (Wildman–Crippen MR) is 68.4 cm³/mol. The SMILES string of the molecule is Cc1c(C(F)(F)F)[nH]n(-c2ccccc2Br)c1=S. The number of aromatic nitrogens is 2. The molecule has 0 aliphatic heterocycles. The Morgan fingerprint density at radius 1 is 1.28 bits per heavy atom. The summed E-state index contributed by atoms with van der Waals surface area (Å²) in [5.41, 5.74) is -0.252. The third-order valence-corrected chi connectivity index (χ3v) is 3.66. The molecular formula is C11H8BrF3N2S. The van der Waals surface area contributed by atoms with E-state index < -0.39 is 11.9 Å². The van der Waals surface area contributed by atoms with Crippen LogP contribution in [0.1, 0.15) is 11.3 Å². The Kier molecular flexibility index (Phi) is 3.37. The molecule has 0 aliphatic rings. The highest BCUT2D eigenvalue weighted by molar-refractivity contribution is 9.10. The number of hydrogen-bond acceptors (Lipinski definition) is 1. The van der Waals surface area contributed by atoms with Crippen LogP contribution in [0, 0.1) is 11.6 Å². The van der Waals surface area contributed by atoms with Crippen molar-refractivity contribution < 1.29 is 13.2 Å². The van der Waals surface area contributed by atoms with Crippen LogP contribution >= 0.6 is 28.1 Å². The van der Waals surface area contributed by atoms with Crippen LogP contribution in [-0.2, 0) is 6.18 Å². The van der Waals surface area contributed by atoms with Crippen molar-refractivity contribution in [2.24, 2.45) is 0 Å². The molecule has 2 rings (SSSR count). The number of alkyl halides is 3. The molecule has 96 valence electrons. The lowest BCUT2D eigenvalue weighted by Gasteiger charge is -2.06. The van der Waals surface area contributed by atoms with E-state index >= 15 is 0 Å². The van der Waals surface area contributed by atoms with Crippen molar-refractivity contribution in [1.82, 2.24) is 9.78 Å². The summed E-state index contributed by atoms with van der Waals surface area (Å²) in [6.45, 7) is 1.36. The van der Waals surface area contributed by atoms with Crippen molar-refractivity contribution >= 4 is 28.1 Å². The highest BCUT2D eigenvalue weighted by atomic mass is 79.9. The number of nitrogens with zero attached hydrogens (tertiary/aromatic N) is 1. The van der Waals surface area contributed by atoms with Gasteiger partial charge in [-0.3, -0.25) is 5.10 Å². The first kappa shape index (κ1) is 13.4. The Morgan fingerprint density at radius 2 is 1.89 bits per heavy atom. The molecule has 0 unspecified atom stereocenters. The number of hydrogen-bond donors (Lipinski definition) is 1. The lowest BCUT2D eigenvalue weighted by atomic mass is 10.3. The summed E-state index contributed by atoms with van der Waals surface area (Å²) in [7, 11) is 0. The van der Waals surface area contributed by atoms with E-state index in [4.69, 9.17) is 12.2 Å². The molecule has 1 heterocycles. The maximum atomic E-state index is 12.8. The predicted octanol–water partition coefficient (Wildman–Crippen LogP) is 4.62. The van der Waals surface area contributed by atoms with Crippen LogP contribution in [-0.4, -0.2) is 9.78 Å². The third-order valence-electron chi connectivity index (χ3n) is 2.50. The highest BCUT2D eigenvalue weighted by Crippen LogP contribution is 2.32. The van der Waals surface area contributed by atoms with Crippen molar-refractivity contribution in [2.75, 3.05) is 0 Å². The van der Waals surface area contributed by atoms with E-state index in [0.717, 1.165) is 0 Å². The number of aromatic amines is 1. The molecular weight excluding hydrogens is 329 g/mol. The monoisotopic (exact) mass is 336 g/mol. The summed E-state index contributed by atoms with van der Waals surface area (Å²) in [6, 6.07) is 6.92. The smallest absolute Gasteiger partial charge is 0.288 e. The molecule has 18 heavy (non-hydrogen) atoms. The van der Waals surface area contributed by atoms with Gasteiger partial charge in [0.25, 0.3) is 0 Å². The van der Waals surface area contributed by atoms with Crippen LogP contribution < -0.4 is 0 Å². The minimum Gasteiger partial charge on any atom is -0.288 e. The van der Waals surface area contributed by atoms with Crippen molar-refractivity contribution in [3.63, 3.8) is 0 Å². The zero-order valence-corrected chi connectivity index (χ0v) is 11.6. The van der Waals surface area contributed by atoms with E-state index in [0.29, 0.717) is 10.2 Å². The zero-order valence-electron chi connectivity index (χ0n) is 9.18. The molecule has 0 fully saturated rings. The molecule has 0 aliphatic carbocycles. The molecule has 0 saturated carbocycles. The van der Waals surface area contributed by atoms with Gasteiger partial charge >= 0.3 is 6.18 Å². The van der Waals surface area contributed by atoms with Gasteiger partial charge in [-0.05, 0) is 35.0 Å². The number of H-pyrrole nitrogens is 1. The van der Waals surface area contributed by atoms with E-state index in [1.54, 1.807) is 24.3 Å². The Labute approximate surface area is 115 Å². The second-order valence-electron chi connectivity index (χ2n) is 3.70. The molecule has 0 saturated heterocycles. The molecule has 2 nitrogen and oxygen atoms in total. The summed E-state index contributed by atoms with van der Waals surface area (Å²) >= 11 is 8.32. The van der Waals surface area contributed by atoms with Gasteiger partial charge in [-0.15, -0.1) is 0 Å². The average Bonchev–Trinajstić information content (AvgIpc) is 2.57. The third kappa shape index (κ3) is 2.24. The van der Waals surface area contributed by atoms with E-state index in [9.17, 15) is 13.2 Å². The Balaban J connectivity index is 2.69. The molecule has 1 N–H and O–H groups in total. The fraction of sp³-hybridized carbons (Fsp3) is 0.182. The Hall–Kier alpha value is -1.08. The van der Waals surface area contributed by atoms with Gasteiger partial charge in [-0.2, -0.15) is 13.2 Å². The van der Waals surface area contributed by atoms with Gasteiger partial charge in [0.2, 0.25) is 0 Å². The number of rotatable bonds is 1. The average molecular weight is 337 g/mol. The minimum absolute atomic E-state index is 0.0215. The first-order chi connectivity index (χ1) is 8.32. The maximum absolute atomic E-state index is 12.8. The van der Waals surface area contributed by atoms with E-state index in [1.165, 1.54) is 11.6 Å². The number of nitrogens with one attached hydrogen (secondary N) is 1. The number of para-hydroxylation sites is 1. The quantitative estimate of drug-likeness (QED) is 0.753. The molecule has 7 heteroatoms. The van der Waals surface area contributed by atoms with Crippen LogP contribution in [0.2, 0.25) is 0 Å². The molecule has 0 amide bonds. The molecule has 0 spiro atoms. The summed E-state index contributed by atoms with van der Waals surface area (Å²) in [6.07, 6.45) is -4.44. The first-order valence-electron chi connectivity index (χ1n) is 4.96.